The van der Waals surface area contributed by atoms with E-state index in [9.17, 15) is 31.5 Å². The number of ether oxygens (including phenoxy) is 1. The summed E-state index contributed by atoms with van der Waals surface area (Å²) in [6, 6.07) is 6.48. The Hall–Kier alpha value is -3.17. The maximum absolute atomic E-state index is 13.6. The number of hydrogen-bond acceptors (Lipinski definition) is 3. The first kappa shape index (κ1) is 22.5. The molecular weight excluding hydrogens is 423 g/mol. The Kier molecular flexibility index (Phi) is 6.77. The van der Waals surface area contributed by atoms with Crippen molar-refractivity contribution in [3.63, 3.8) is 0 Å². The van der Waals surface area contributed by atoms with Gasteiger partial charge in [0.15, 0.2) is 0 Å². The minimum Gasteiger partial charge on any atom is -0.406 e. The standard InChI is InChI=1S/C21H19F5N2O3/c22-14-5-7-16(17(23)12-14)20(30)27-9-1-4-19(29)28-10-2-3-13-11-15(6-8-18(13)28)31-21(24,25)26/h5-8,11-12H,1-4,9-10H2,(H,27,30). The molecule has 1 aliphatic rings. The minimum atomic E-state index is -4.79. The van der Waals surface area contributed by atoms with Crippen LogP contribution in [0.2, 0.25) is 0 Å². The van der Waals surface area contributed by atoms with E-state index >= 15 is 0 Å². The van der Waals surface area contributed by atoms with E-state index in [-0.39, 0.29) is 36.6 Å². The molecule has 2 aromatic rings. The van der Waals surface area contributed by atoms with Gasteiger partial charge in [-0.25, -0.2) is 8.78 Å². The van der Waals surface area contributed by atoms with Gasteiger partial charge in [0.05, 0.1) is 5.56 Å². The van der Waals surface area contributed by atoms with Crippen LogP contribution in [0, 0.1) is 11.6 Å². The van der Waals surface area contributed by atoms with Gasteiger partial charge >= 0.3 is 6.36 Å². The van der Waals surface area contributed by atoms with E-state index in [4.69, 9.17) is 0 Å². The summed E-state index contributed by atoms with van der Waals surface area (Å²) in [4.78, 5) is 26.0. The molecule has 3 rings (SSSR count). The second kappa shape index (κ2) is 9.32. The lowest BCUT2D eigenvalue weighted by Gasteiger charge is -2.30. The third-order valence-corrected chi connectivity index (χ3v) is 4.73. The van der Waals surface area contributed by atoms with Crippen molar-refractivity contribution in [3.05, 3.63) is 59.2 Å². The van der Waals surface area contributed by atoms with Crippen molar-refractivity contribution in [2.24, 2.45) is 0 Å². The Morgan fingerprint density at radius 2 is 1.87 bits per heavy atom. The number of nitrogens with one attached hydrogen (secondary N) is 1. The van der Waals surface area contributed by atoms with Gasteiger partial charge in [-0.3, -0.25) is 9.59 Å². The first-order valence-corrected chi connectivity index (χ1v) is 9.56. The van der Waals surface area contributed by atoms with Crippen molar-refractivity contribution >= 4 is 17.5 Å². The van der Waals surface area contributed by atoms with Gasteiger partial charge in [0.1, 0.15) is 17.4 Å². The number of aryl methyl sites for hydroxylation is 1. The summed E-state index contributed by atoms with van der Waals surface area (Å²) in [6.07, 6.45) is -3.33. The molecule has 10 heteroatoms. The quantitative estimate of drug-likeness (QED) is 0.535. The normalized spacial score (nSPS) is 13.5. The van der Waals surface area contributed by atoms with Crippen LogP contribution in [-0.2, 0) is 11.2 Å². The van der Waals surface area contributed by atoms with Crippen molar-refractivity contribution in [3.8, 4) is 5.75 Å². The van der Waals surface area contributed by atoms with E-state index in [1.54, 1.807) is 0 Å². The molecule has 5 nitrogen and oxygen atoms in total. The third-order valence-electron chi connectivity index (χ3n) is 4.73. The summed E-state index contributed by atoms with van der Waals surface area (Å²) in [5.74, 6) is -3.07. The van der Waals surface area contributed by atoms with E-state index in [2.05, 4.69) is 10.1 Å². The van der Waals surface area contributed by atoms with Crippen molar-refractivity contribution in [2.75, 3.05) is 18.0 Å². The average Bonchev–Trinajstić information content (AvgIpc) is 2.69. The molecular formula is C21H19F5N2O3. The average molecular weight is 442 g/mol. The Morgan fingerprint density at radius 3 is 2.58 bits per heavy atom. The highest BCUT2D eigenvalue weighted by Crippen LogP contribution is 2.33. The zero-order chi connectivity index (χ0) is 22.6. The number of rotatable bonds is 6. The summed E-state index contributed by atoms with van der Waals surface area (Å²) < 4.78 is 67.7. The highest BCUT2D eigenvalue weighted by molar-refractivity contribution is 5.95. The minimum absolute atomic E-state index is 0.0758. The van der Waals surface area contributed by atoms with E-state index in [0.717, 1.165) is 18.2 Å². The van der Waals surface area contributed by atoms with Crippen molar-refractivity contribution in [1.82, 2.24) is 5.32 Å². The van der Waals surface area contributed by atoms with E-state index in [1.807, 2.05) is 0 Å². The van der Waals surface area contributed by atoms with Crippen LogP contribution >= 0.6 is 0 Å². The van der Waals surface area contributed by atoms with E-state index in [1.165, 1.54) is 17.0 Å². The second-order valence-electron chi connectivity index (χ2n) is 6.97. The fourth-order valence-corrected chi connectivity index (χ4v) is 3.38. The van der Waals surface area contributed by atoms with Gasteiger partial charge in [-0.1, -0.05) is 0 Å². The summed E-state index contributed by atoms with van der Waals surface area (Å²) in [5, 5.41) is 2.47. The molecule has 1 heterocycles. The molecule has 0 bridgehead atoms. The number of benzene rings is 2. The van der Waals surface area contributed by atoms with Crippen molar-refractivity contribution in [1.29, 1.82) is 0 Å². The number of nitrogens with zero attached hydrogens (tertiary/aromatic N) is 1. The summed E-state index contributed by atoms with van der Waals surface area (Å²) in [6.45, 7) is 0.527. The van der Waals surface area contributed by atoms with Crippen LogP contribution in [-0.4, -0.2) is 31.3 Å². The highest BCUT2D eigenvalue weighted by atomic mass is 19.4. The monoisotopic (exact) mass is 442 g/mol. The first-order valence-electron chi connectivity index (χ1n) is 9.56. The zero-order valence-electron chi connectivity index (χ0n) is 16.3. The molecule has 1 N–H and O–H groups in total. The Morgan fingerprint density at radius 1 is 1.10 bits per heavy atom. The van der Waals surface area contributed by atoms with Gasteiger partial charge in [-0.2, -0.15) is 0 Å². The zero-order valence-corrected chi connectivity index (χ0v) is 16.3. The number of amides is 2. The van der Waals surface area contributed by atoms with Crippen LogP contribution in [0.15, 0.2) is 36.4 Å². The van der Waals surface area contributed by atoms with Crippen molar-refractivity contribution in [2.45, 2.75) is 32.0 Å². The van der Waals surface area contributed by atoms with Gasteiger partial charge < -0.3 is 15.0 Å². The summed E-state index contributed by atoms with van der Waals surface area (Å²) >= 11 is 0. The van der Waals surface area contributed by atoms with E-state index in [0.29, 0.717) is 36.7 Å². The molecule has 31 heavy (non-hydrogen) atoms. The molecule has 0 aromatic heterocycles. The topological polar surface area (TPSA) is 58.6 Å². The van der Waals surface area contributed by atoms with Gasteiger partial charge in [0.25, 0.3) is 5.91 Å². The molecule has 0 radical (unpaired) electrons. The van der Waals surface area contributed by atoms with Gasteiger partial charge in [0.2, 0.25) is 5.91 Å². The Labute approximate surface area is 174 Å². The molecule has 0 atom stereocenters. The number of carbonyl (C=O) groups excluding carboxylic acids is 2. The fraction of sp³-hybridized carbons (Fsp3) is 0.333. The third kappa shape index (κ3) is 5.93. The maximum Gasteiger partial charge on any atom is 0.573 e. The van der Waals surface area contributed by atoms with Crippen molar-refractivity contribution < 1.29 is 36.3 Å². The number of halogens is 5. The van der Waals surface area contributed by atoms with Crippen LogP contribution in [0.4, 0.5) is 27.6 Å². The second-order valence-corrected chi connectivity index (χ2v) is 6.97. The number of carbonyl (C=O) groups is 2. The largest absolute Gasteiger partial charge is 0.573 e. The molecule has 0 saturated heterocycles. The van der Waals surface area contributed by atoms with Crippen LogP contribution in [0.1, 0.15) is 35.2 Å². The van der Waals surface area contributed by atoms with Crippen LogP contribution in [0.3, 0.4) is 0 Å². The van der Waals surface area contributed by atoms with Gasteiger partial charge in [-0.15, -0.1) is 13.2 Å². The molecule has 1 aliphatic heterocycles. The van der Waals surface area contributed by atoms with Crippen LogP contribution in [0.5, 0.6) is 5.75 Å². The molecule has 0 aliphatic carbocycles. The number of anilines is 1. The van der Waals surface area contributed by atoms with Gasteiger partial charge in [0, 0.05) is 31.3 Å². The number of fused-ring (bicyclic) bond motifs is 1. The SMILES string of the molecule is O=C(NCCCC(=O)N1CCCc2cc(OC(F)(F)F)ccc21)c1ccc(F)cc1F. The molecule has 166 valence electrons. The predicted molar refractivity (Wildman–Crippen MR) is 102 cm³/mol. The van der Waals surface area contributed by atoms with Crippen LogP contribution < -0.4 is 15.0 Å². The molecule has 0 spiro atoms. The summed E-state index contributed by atoms with van der Waals surface area (Å²) in [5.41, 5.74) is 0.819. The van der Waals surface area contributed by atoms with Gasteiger partial charge in [-0.05, 0) is 55.2 Å². The smallest absolute Gasteiger partial charge is 0.406 e. The molecule has 2 aromatic carbocycles. The fourth-order valence-electron chi connectivity index (χ4n) is 3.38. The highest BCUT2D eigenvalue weighted by Gasteiger charge is 2.32. The first-order chi connectivity index (χ1) is 14.6. The Bertz CT molecular complexity index is 978. The molecule has 2 amide bonds. The van der Waals surface area contributed by atoms with E-state index < -0.39 is 23.9 Å². The lowest BCUT2D eigenvalue weighted by atomic mass is 10.0. The number of alkyl halides is 3. The Balaban J connectivity index is 1.54. The lowest BCUT2D eigenvalue weighted by Crippen LogP contribution is -2.36. The molecule has 0 saturated carbocycles. The molecule has 0 unspecified atom stereocenters. The van der Waals surface area contributed by atoms with Crippen LogP contribution in [0.25, 0.3) is 0 Å². The lowest BCUT2D eigenvalue weighted by molar-refractivity contribution is -0.274. The molecule has 0 fully saturated rings. The summed E-state index contributed by atoms with van der Waals surface area (Å²) in [7, 11) is 0. The maximum atomic E-state index is 13.6. The predicted octanol–water partition coefficient (Wildman–Crippen LogP) is 4.35. The number of hydrogen-bond donors (Lipinski definition) is 1.